The molecule has 1 aliphatic heterocycles. The third kappa shape index (κ3) is 4.20. The van der Waals surface area contributed by atoms with Crippen LogP contribution in [0.5, 0.6) is 5.75 Å². The maximum Gasteiger partial charge on any atom is 0.255 e. The lowest BCUT2D eigenvalue weighted by atomic mass is 10.1. The van der Waals surface area contributed by atoms with E-state index in [0.29, 0.717) is 11.3 Å². The summed E-state index contributed by atoms with van der Waals surface area (Å²) in [7, 11) is 1.51. The number of amides is 2. The van der Waals surface area contributed by atoms with Gasteiger partial charge in [0, 0.05) is 17.6 Å². The molecule has 0 aliphatic carbocycles. The first-order valence-electron chi connectivity index (χ1n) is 7.01. The number of ether oxygens (including phenoxy) is 1. The Labute approximate surface area is 132 Å². The van der Waals surface area contributed by atoms with Crippen LogP contribution in [0.4, 0.5) is 0 Å². The molecule has 21 heavy (non-hydrogen) atoms. The number of nitrogens with one attached hydrogen (secondary N) is 1. The number of benzene rings is 1. The van der Waals surface area contributed by atoms with Crippen LogP contribution in [0.1, 0.15) is 29.6 Å². The molecule has 0 unspecified atom stereocenters. The molecule has 0 aromatic heterocycles. The predicted molar refractivity (Wildman–Crippen MR) is 83.5 cm³/mol. The van der Waals surface area contributed by atoms with Gasteiger partial charge in [0.2, 0.25) is 5.91 Å². The van der Waals surface area contributed by atoms with Crippen LogP contribution in [0.3, 0.4) is 0 Å². The van der Waals surface area contributed by atoms with Crippen LogP contribution in [0.2, 0.25) is 0 Å². The zero-order valence-electron chi connectivity index (χ0n) is 12.0. The van der Waals surface area contributed by atoms with E-state index in [1.165, 1.54) is 13.5 Å². The Kier molecular flexibility index (Phi) is 5.61. The SMILES string of the molecule is COc1ccc(Br)cc1C(=O)NCC(=O)N1CCCCC1. The Bertz CT molecular complexity index is 528. The number of hydrogen-bond donors (Lipinski definition) is 1. The second-order valence-electron chi connectivity index (χ2n) is 4.97. The lowest BCUT2D eigenvalue weighted by Crippen LogP contribution is -2.42. The molecule has 0 atom stereocenters. The summed E-state index contributed by atoms with van der Waals surface area (Å²) in [5.74, 6) is 0.150. The molecule has 0 saturated carbocycles. The average molecular weight is 355 g/mol. The first-order valence-corrected chi connectivity index (χ1v) is 7.80. The van der Waals surface area contributed by atoms with Gasteiger partial charge in [-0.25, -0.2) is 0 Å². The van der Waals surface area contributed by atoms with Gasteiger partial charge in [-0.15, -0.1) is 0 Å². The molecular formula is C15H19BrN2O3. The third-order valence-electron chi connectivity index (χ3n) is 3.52. The minimum Gasteiger partial charge on any atom is -0.496 e. The summed E-state index contributed by atoms with van der Waals surface area (Å²) in [6.45, 7) is 1.60. The van der Waals surface area contributed by atoms with Gasteiger partial charge in [-0.1, -0.05) is 15.9 Å². The van der Waals surface area contributed by atoms with E-state index in [2.05, 4.69) is 21.2 Å². The second kappa shape index (κ2) is 7.45. The molecular weight excluding hydrogens is 336 g/mol. The number of rotatable bonds is 4. The fraction of sp³-hybridized carbons (Fsp3) is 0.467. The summed E-state index contributed by atoms with van der Waals surface area (Å²) in [6.07, 6.45) is 3.25. The molecule has 2 rings (SSSR count). The molecule has 1 saturated heterocycles. The monoisotopic (exact) mass is 354 g/mol. The van der Waals surface area contributed by atoms with Gasteiger partial charge >= 0.3 is 0 Å². The van der Waals surface area contributed by atoms with Crippen molar-refractivity contribution in [1.82, 2.24) is 10.2 Å². The van der Waals surface area contributed by atoms with E-state index in [4.69, 9.17) is 4.74 Å². The largest absolute Gasteiger partial charge is 0.496 e. The topological polar surface area (TPSA) is 58.6 Å². The fourth-order valence-corrected chi connectivity index (χ4v) is 2.72. The normalized spacial score (nSPS) is 14.7. The first-order chi connectivity index (χ1) is 10.1. The average Bonchev–Trinajstić information content (AvgIpc) is 2.53. The highest BCUT2D eigenvalue weighted by Gasteiger charge is 2.18. The van der Waals surface area contributed by atoms with Gasteiger partial charge in [0.25, 0.3) is 5.91 Å². The van der Waals surface area contributed by atoms with Crippen molar-refractivity contribution in [1.29, 1.82) is 0 Å². The van der Waals surface area contributed by atoms with Crippen LogP contribution in [-0.2, 0) is 4.79 Å². The van der Waals surface area contributed by atoms with Crippen LogP contribution in [0.25, 0.3) is 0 Å². The number of hydrogen-bond acceptors (Lipinski definition) is 3. The van der Waals surface area contributed by atoms with Gasteiger partial charge in [-0.05, 0) is 37.5 Å². The standard InChI is InChI=1S/C15H19BrN2O3/c1-21-13-6-5-11(16)9-12(13)15(20)17-10-14(19)18-7-3-2-4-8-18/h5-6,9H,2-4,7-8,10H2,1H3,(H,17,20). The van der Waals surface area contributed by atoms with E-state index in [-0.39, 0.29) is 18.4 Å². The summed E-state index contributed by atoms with van der Waals surface area (Å²) in [6, 6.07) is 5.19. The first kappa shape index (κ1) is 15.8. The fourth-order valence-electron chi connectivity index (χ4n) is 2.36. The van der Waals surface area contributed by atoms with E-state index in [9.17, 15) is 9.59 Å². The number of carbonyl (C=O) groups is 2. The summed E-state index contributed by atoms with van der Waals surface area (Å²) in [4.78, 5) is 26.0. The Hall–Kier alpha value is -1.56. The van der Waals surface area contributed by atoms with Crippen molar-refractivity contribution >= 4 is 27.7 Å². The highest BCUT2D eigenvalue weighted by atomic mass is 79.9. The van der Waals surface area contributed by atoms with Crippen molar-refractivity contribution in [3.05, 3.63) is 28.2 Å². The Balaban J connectivity index is 1.95. The van der Waals surface area contributed by atoms with E-state index in [1.807, 2.05) is 4.90 Å². The van der Waals surface area contributed by atoms with E-state index in [1.54, 1.807) is 18.2 Å². The van der Waals surface area contributed by atoms with E-state index < -0.39 is 0 Å². The van der Waals surface area contributed by atoms with Crippen LogP contribution in [0, 0.1) is 0 Å². The van der Waals surface area contributed by atoms with Crippen molar-refractivity contribution in [3.63, 3.8) is 0 Å². The van der Waals surface area contributed by atoms with Crippen LogP contribution < -0.4 is 10.1 Å². The number of halogens is 1. The van der Waals surface area contributed by atoms with Crippen molar-refractivity contribution < 1.29 is 14.3 Å². The Morgan fingerprint density at radius 2 is 2.00 bits per heavy atom. The third-order valence-corrected chi connectivity index (χ3v) is 4.01. The molecule has 0 bridgehead atoms. The zero-order chi connectivity index (χ0) is 15.2. The van der Waals surface area contributed by atoms with Crippen molar-refractivity contribution in [2.45, 2.75) is 19.3 Å². The number of likely N-dealkylation sites (tertiary alicyclic amines) is 1. The lowest BCUT2D eigenvalue weighted by molar-refractivity contribution is -0.130. The van der Waals surface area contributed by atoms with Gasteiger partial charge in [0.1, 0.15) is 5.75 Å². The lowest BCUT2D eigenvalue weighted by Gasteiger charge is -2.26. The molecule has 1 aliphatic rings. The summed E-state index contributed by atoms with van der Waals surface area (Å²) >= 11 is 3.33. The molecule has 0 radical (unpaired) electrons. The molecule has 2 amide bonds. The van der Waals surface area contributed by atoms with Crippen molar-refractivity contribution in [3.8, 4) is 5.75 Å². The molecule has 114 valence electrons. The quantitative estimate of drug-likeness (QED) is 0.901. The van der Waals surface area contributed by atoms with Gasteiger partial charge in [-0.3, -0.25) is 9.59 Å². The molecule has 1 N–H and O–H groups in total. The van der Waals surface area contributed by atoms with E-state index in [0.717, 1.165) is 30.4 Å². The van der Waals surface area contributed by atoms with Gasteiger partial charge in [0.05, 0.1) is 19.2 Å². The minimum atomic E-state index is -0.307. The van der Waals surface area contributed by atoms with E-state index >= 15 is 0 Å². The molecule has 5 nitrogen and oxygen atoms in total. The Morgan fingerprint density at radius 3 is 2.67 bits per heavy atom. The van der Waals surface area contributed by atoms with Crippen LogP contribution in [-0.4, -0.2) is 43.5 Å². The molecule has 6 heteroatoms. The summed E-state index contributed by atoms with van der Waals surface area (Å²) < 4.78 is 5.96. The number of piperidine rings is 1. The molecule has 0 spiro atoms. The second-order valence-corrected chi connectivity index (χ2v) is 5.88. The zero-order valence-corrected chi connectivity index (χ0v) is 13.6. The number of carbonyl (C=O) groups excluding carboxylic acids is 2. The Morgan fingerprint density at radius 1 is 1.29 bits per heavy atom. The molecule has 1 aromatic carbocycles. The maximum absolute atomic E-state index is 12.2. The molecule has 1 fully saturated rings. The van der Waals surface area contributed by atoms with Gasteiger partial charge in [0.15, 0.2) is 0 Å². The maximum atomic E-state index is 12.2. The summed E-state index contributed by atoms with van der Waals surface area (Å²) in [5, 5.41) is 2.67. The van der Waals surface area contributed by atoms with Gasteiger partial charge in [-0.2, -0.15) is 0 Å². The van der Waals surface area contributed by atoms with Crippen molar-refractivity contribution in [2.75, 3.05) is 26.7 Å². The smallest absolute Gasteiger partial charge is 0.255 e. The highest BCUT2D eigenvalue weighted by molar-refractivity contribution is 9.10. The van der Waals surface area contributed by atoms with Crippen LogP contribution >= 0.6 is 15.9 Å². The number of methoxy groups -OCH3 is 1. The number of nitrogens with zero attached hydrogens (tertiary/aromatic N) is 1. The molecule has 1 heterocycles. The minimum absolute atomic E-state index is 0.0223. The van der Waals surface area contributed by atoms with Crippen molar-refractivity contribution in [2.24, 2.45) is 0 Å². The summed E-state index contributed by atoms with van der Waals surface area (Å²) in [5.41, 5.74) is 0.415. The highest BCUT2D eigenvalue weighted by Crippen LogP contribution is 2.22. The van der Waals surface area contributed by atoms with Gasteiger partial charge < -0.3 is 15.0 Å². The van der Waals surface area contributed by atoms with Crippen LogP contribution in [0.15, 0.2) is 22.7 Å². The predicted octanol–water partition coefficient (Wildman–Crippen LogP) is 2.20. The molecule has 1 aromatic rings.